The zero-order valence-corrected chi connectivity index (χ0v) is 26.8. The van der Waals surface area contributed by atoms with Gasteiger partial charge < -0.3 is 9.97 Å². The van der Waals surface area contributed by atoms with Crippen LogP contribution in [0, 0.1) is 0 Å². The number of aryl methyl sites for hydroxylation is 1. The summed E-state index contributed by atoms with van der Waals surface area (Å²) in [5.74, 6) is 2.47. The highest BCUT2D eigenvalue weighted by atomic mass is 15.1. The minimum absolute atomic E-state index is 0.610. The van der Waals surface area contributed by atoms with Crippen LogP contribution in [0.15, 0.2) is 91.0 Å². The summed E-state index contributed by atoms with van der Waals surface area (Å²) in [6.45, 7) is 2.26. The first-order valence-electron chi connectivity index (χ1n) is 17.0. The summed E-state index contributed by atoms with van der Waals surface area (Å²) in [6.07, 6.45) is 8.45. The first-order valence-corrected chi connectivity index (χ1v) is 17.0. The Hall–Kier alpha value is -5.76. The maximum Gasteiger partial charge on any atom is 0.164 e. The second kappa shape index (κ2) is 11.8. The molecule has 5 heterocycles. The molecule has 7 aromatic rings. The lowest BCUT2D eigenvalue weighted by Gasteiger charge is -2.04. The number of fused-ring (bicyclic) bond motifs is 20. The zero-order valence-electron chi connectivity index (χ0n) is 26.8. The number of benzene rings is 4. The minimum atomic E-state index is 0.610. The Morgan fingerprint density at radius 2 is 0.854 bits per heavy atom. The highest BCUT2D eigenvalue weighted by molar-refractivity contribution is 6.07. The largest absolute Gasteiger partial charge is 0.324 e. The molecule has 3 aromatic heterocycles. The third-order valence-electron chi connectivity index (χ3n) is 9.47. The molecule has 9 rings (SSSR count). The zero-order chi connectivity index (χ0) is 32.0. The molecule has 0 saturated carbocycles. The van der Waals surface area contributed by atoms with Gasteiger partial charge in [0.15, 0.2) is 23.3 Å². The van der Waals surface area contributed by atoms with Gasteiger partial charge in [0.1, 0.15) is 22.6 Å². The van der Waals surface area contributed by atoms with Gasteiger partial charge in [-0.3, -0.25) is 0 Å². The molecule has 0 spiro atoms. The van der Waals surface area contributed by atoms with Gasteiger partial charge in [0.2, 0.25) is 0 Å². The molecular weight excluding hydrogens is 592 g/mol. The van der Waals surface area contributed by atoms with Crippen LogP contribution in [0.2, 0.25) is 0 Å². The molecule has 0 saturated heterocycles. The predicted molar refractivity (Wildman–Crippen MR) is 193 cm³/mol. The number of aromatic amines is 2. The fraction of sp³-hybridized carbons (Fsp3) is 0.200. The monoisotopic (exact) mass is 626 g/mol. The lowest BCUT2D eigenvalue weighted by atomic mass is 10.0. The van der Waals surface area contributed by atoms with Crippen molar-refractivity contribution >= 4 is 44.1 Å². The van der Waals surface area contributed by atoms with Crippen molar-refractivity contribution in [1.29, 1.82) is 0 Å². The van der Waals surface area contributed by atoms with Crippen LogP contribution in [0.25, 0.3) is 89.7 Å². The van der Waals surface area contributed by atoms with Crippen LogP contribution in [0.3, 0.4) is 0 Å². The lowest BCUT2D eigenvalue weighted by Crippen LogP contribution is -1.89. The molecule has 8 bridgehead atoms. The molecule has 4 aromatic carbocycles. The number of nitrogens with zero attached hydrogens (tertiary/aromatic N) is 6. The number of hydrogen-bond acceptors (Lipinski definition) is 6. The van der Waals surface area contributed by atoms with Gasteiger partial charge in [-0.15, -0.1) is 0 Å². The smallest absolute Gasteiger partial charge is 0.164 e. The Bertz CT molecular complexity index is 2520. The van der Waals surface area contributed by atoms with Crippen molar-refractivity contribution in [3.8, 4) is 45.6 Å². The Kier molecular flexibility index (Phi) is 6.99. The van der Waals surface area contributed by atoms with Gasteiger partial charge in [0.25, 0.3) is 0 Å². The van der Waals surface area contributed by atoms with Crippen molar-refractivity contribution in [3.05, 3.63) is 96.6 Å². The van der Waals surface area contributed by atoms with E-state index in [1.54, 1.807) is 0 Å². The van der Waals surface area contributed by atoms with Gasteiger partial charge in [0.05, 0.1) is 0 Å². The number of rotatable bonds is 7. The quantitative estimate of drug-likeness (QED) is 0.171. The topological polar surface area (TPSA) is 109 Å². The lowest BCUT2D eigenvalue weighted by molar-refractivity contribution is 0.608. The summed E-state index contributed by atoms with van der Waals surface area (Å²) >= 11 is 0. The average Bonchev–Trinajstić information content (AvgIpc) is 3.86. The minimum Gasteiger partial charge on any atom is -0.324 e. The van der Waals surface area contributed by atoms with E-state index >= 15 is 0 Å². The van der Waals surface area contributed by atoms with E-state index in [1.807, 2.05) is 36.4 Å². The summed E-state index contributed by atoms with van der Waals surface area (Å²) in [5, 5.41) is 4.03. The summed E-state index contributed by atoms with van der Waals surface area (Å²) in [6, 6.07) is 31.0. The molecule has 2 aliphatic heterocycles. The normalized spacial score (nSPS) is 12.0. The Morgan fingerprint density at radius 3 is 1.42 bits per heavy atom. The molecular formula is C40H34N8. The van der Waals surface area contributed by atoms with Gasteiger partial charge >= 0.3 is 0 Å². The van der Waals surface area contributed by atoms with Crippen LogP contribution in [0.4, 0.5) is 0 Å². The van der Waals surface area contributed by atoms with E-state index in [0.717, 1.165) is 67.9 Å². The van der Waals surface area contributed by atoms with Crippen LogP contribution >= 0.6 is 0 Å². The molecule has 2 aliphatic rings. The standard InChI is InChI=1S/C40H34N8/c1-2-3-4-5-6-7-15-24-16-14-23-31-32(24)40-47-38-30-22-13-12-21-29(30)36(45-38)43-34-26-18-9-8-17-25(26)33(41-34)42-35-27-19-10-11-20-28(27)37(44-35)46-39(31)48-40/h8-14,16-23H,2-7,15H2,1H3,(H2,41,42,43,44,45,46,47,48). The van der Waals surface area contributed by atoms with Crippen molar-refractivity contribution in [2.75, 3.05) is 0 Å². The van der Waals surface area contributed by atoms with Gasteiger partial charge in [-0.1, -0.05) is 130 Å². The predicted octanol–water partition coefficient (Wildman–Crippen LogP) is 9.77. The second-order valence-electron chi connectivity index (χ2n) is 12.6. The van der Waals surface area contributed by atoms with Gasteiger partial charge in [-0.05, 0) is 18.4 Å². The fourth-order valence-corrected chi connectivity index (χ4v) is 7.07. The molecule has 2 N–H and O–H groups in total. The van der Waals surface area contributed by atoms with E-state index in [9.17, 15) is 0 Å². The second-order valence-corrected chi connectivity index (χ2v) is 12.6. The Morgan fingerprint density at radius 1 is 0.417 bits per heavy atom. The van der Waals surface area contributed by atoms with Gasteiger partial charge in [-0.25, -0.2) is 29.9 Å². The molecule has 0 amide bonds. The third-order valence-corrected chi connectivity index (χ3v) is 9.47. The highest BCUT2D eigenvalue weighted by Crippen LogP contribution is 2.37. The van der Waals surface area contributed by atoms with Gasteiger partial charge in [0, 0.05) is 43.8 Å². The van der Waals surface area contributed by atoms with Crippen LogP contribution in [-0.4, -0.2) is 39.9 Å². The van der Waals surface area contributed by atoms with Crippen LogP contribution in [-0.2, 0) is 6.42 Å². The molecule has 0 radical (unpaired) electrons. The Labute approximate surface area is 277 Å². The number of unbranched alkanes of at least 4 members (excludes halogenated alkanes) is 5. The molecule has 234 valence electrons. The summed E-state index contributed by atoms with van der Waals surface area (Å²) in [4.78, 5) is 37.8. The Balaban J connectivity index is 1.36. The van der Waals surface area contributed by atoms with Crippen molar-refractivity contribution in [3.63, 3.8) is 0 Å². The molecule has 8 nitrogen and oxygen atoms in total. The number of aromatic nitrogens is 8. The summed E-state index contributed by atoms with van der Waals surface area (Å²) in [5.41, 5.74) is 7.90. The van der Waals surface area contributed by atoms with Crippen LogP contribution < -0.4 is 0 Å². The van der Waals surface area contributed by atoms with Crippen molar-refractivity contribution in [2.24, 2.45) is 0 Å². The summed E-state index contributed by atoms with van der Waals surface area (Å²) in [7, 11) is 0. The van der Waals surface area contributed by atoms with Crippen molar-refractivity contribution < 1.29 is 0 Å². The fourth-order valence-electron chi connectivity index (χ4n) is 7.07. The maximum absolute atomic E-state index is 5.24. The average molecular weight is 627 g/mol. The highest BCUT2D eigenvalue weighted by Gasteiger charge is 2.22. The van der Waals surface area contributed by atoms with E-state index < -0.39 is 0 Å². The van der Waals surface area contributed by atoms with E-state index in [2.05, 4.69) is 71.5 Å². The number of H-pyrrole nitrogens is 2. The molecule has 0 fully saturated rings. The SMILES string of the molecule is CCCCCCCCc1cccc2c3nc4nc(nc5[nH]c(nc6nc(nc([nH]3)c12)-c1ccccc1-6)c1ccccc51)-c1ccccc1-4. The van der Waals surface area contributed by atoms with E-state index in [0.29, 0.717) is 34.6 Å². The molecule has 8 heteroatoms. The molecule has 0 unspecified atom stereocenters. The van der Waals surface area contributed by atoms with E-state index in [1.165, 1.54) is 37.7 Å². The van der Waals surface area contributed by atoms with Crippen molar-refractivity contribution in [2.45, 2.75) is 51.9 Å². The van der Waals surface area contributed by atoms with E-state index in [4.69, 9.17) is 29.9 Å². The molecule has 0 aliphatic carbocycles. The number of hydrogen-bond donors (Lipinski definition) is 2. The summed E-state index contributed by atoms with van der Waals surface area (Å²) < 4.78 is 0. The van der Waals surface area contributed by atoms with Crippen LogP contribution in [0.5, 0.6) is 0 Å². The molecule has 48 heavy (non-hydrogen) atoms. The first-order chi connectivity index (χ1) is 23.7. The molecule has 0 atom stereocenters. The third kappa shape index (κ3) is 4.83. The van der Waals surface area contributed by atoms with E-state index in [-0.39, 0.29) is 0 Å². The van der Waals surface area contributed by atoms with Crippen molar-refractivity contribution in [1.82, 2.24) is 39.9 Å². The first kappa shape index (κ1) is 28.5. The maximum atomic E-state index is 5.24. The van der Waals surface area contributed by atoms with Crippen LogP contribution in [0.1, 0.15) is 51.0 Å². The number of nitrogens with one attached hydrogen (secondary N) is 2. The van der Waals surface area contributed by atoms with Gasteiger partial charge in [-0.2, -0.15) is 0 Å².